The van der Waals surface area contributed by atoms with Gasteiger partial charge < -0.3 is 19.7 Å². The Labute approximate surface area is 161 Å². The SMILES string of the molecule is CN(C)Cc1nnc([C@H]2CCCN(C(=O)CNCc3ccccc3)C2)n1C. The monoisotopic (exact) mass is 370 g/mol. The van der Waals surface area contributed by atoms with Crippen molar-refractivity contribution in [1.29, 1.82) is 0 Å². The molecule has 1 aromatic heterocycles. The Morgan fingerprint density at radius 3 is 2.78 bits per heavy atom. The van der Waals surface area contributed by atoms with Crippen molar-refractivity contribution in [3.8, 4) is 0 Å². The molecule has 0 saturated carbocycles. The zero-order valence-electron chi connectivity index (χ0n) is 16.6. The van der Waals surface area contributed by atoms with E-state index in [-0.39, 0.29) is 11.8 Å². The van der Waals surface area contributed by atoms with Gasteiger partial charge in [0, 0.05) is 32.6 Å². The second-order valence-corrected chi connectivity index (χ2v) is 7.54. The summed E-state index contributed by atoms with van der Waals surface area (Å²) in [6, 6.07) is 10.2. The normalized spacial score (nSPS) is 17.5. The molecule has 1 aliphatic heterocycles. The first-order valence-corrected chi connectivity index (χ1v) is 9.60. The molecule has 1 saturated heterocycles. The predicted octanol–water partition coefficient (Wildman–Crippen LogP) is 1.37. The third-order valence-corrected chi connectivity index (χ3v) is 5.04. The fraction of sp³-hybridized carbons (Fsp3) is 0.550. The molecule has 146 valence electrons. The molecule has 1 aliphatic rings. The Morgan fingerprint density at radius 2 is 2.04 bits per heavy atom. The van der Waals surface area contributed by atoms with E-state index in [2.05, 4.69) is 37.1 Å². The van der Waals surface area contributed by atoms with Gasteiger partial charge in [-0.25, -0.2) is 0 Å². The van der Waals surface area contributed by atoms with Gasteiger partial charge in [-0.15, -0.1) is 10.2 Å². The number of carbonyl (C=O) groups is 1. The highest BCUT2D eigenvalue weighted by Crippen LogP contribution is 2.25. The molecule has 7 heteroatoms. The first-order chi connectivity index (χ1) is 13.0. The van der Waals surface area contributed by atoms with Crippen LogP contribution in [-0.4, -0.2) is 64.2 Å². The summed E-state index contributed by atoms with van der Waals surface area (Å²) in [5.74, 6) is 2.36. The molecule has 0 unspecified atom stereocenters. The van der Waals surface area contributed by atoms with E-state index in [9.17, 15) is 4.79 Å². The van der Waals surface area contributed by atoms with Gasteiger partial charge in [0.2, 0.25) is 5.91 Å². The summed E-state index contributed by atoms with van der Waals surface area (Å²) in [6.45, 7) is 3.39. The average molecular weight is 371 g/mol. The molecule has 27 heavy (non-hydrogen) atoms. The number of rotatable bonds is 7. The maximum atomic E-state index is 12.6. The van der Waals surface area contributed by atoms with E-state index in [0.29, 0.717) is 13.1 Å². The number of amides is 1. The summed E-state index contributed by atoms with van der Waals surface area (Å²) in [4.78, 5) is 16.7. The van der Waals surface area contributed by atoms with Crippen molar-refractivity contribution in [1.82, 2.24) is 29.9 Å². The lowest BCUT2D eigenvalue weighted by Gasteiger charge is -2.32. The van der Waals surface area contributed by atoms with Gasteiger partial charge in [-0.2, -0.15) is 0 Å². The fourth-order valence-electron chi connectivity index (χ4n) is 3.59. The molecule has 1 atom stereocenters. The zero-order valence-corrected chi connectivity index (χ0v) is 16.6. The Morgan fingerprint density at radius 1 is 1.26 bits per heavy atom. The maximum absolute atomic E-state index is 12.6. The highest BCUT2D eigenvalue weighted by Gasteiger charge is 2.28. The highest BCUT2D eigenvalue weighted by molar-refractivity contribution is 5.78. The van der Waals surface area contributed by atoms with Crippen LogP contribution < -0.4 is 5.32 Å². The number of carbonyl (C=O) groups excluding carboxylic acids is 1. The minimum Gasteiger partial charge on any atom is -0.341 e. The lowest BCUT2D eigenvalue weighted by molar-refractivity contribution is -0.131. The Hall–Kier alpha value is -2.25. The van der Waals surface area contributed by atoms with Crippen LogP contribution in [0.25, 0.3) is 0 Å². The quantitative estimate of drug-likeness (QED) is 0.797. The van der Waals surface area contributed by atoms with E-state index in [1.807, 2.05) is 44.2 Å². The zero-order chi connectivity index (χ0) is 19.2. The first-order valence-electron chi connectivity index (χ1n) is 9.60. The molecule has 7 nitrogen and oxygen atoms in total. The predicted molar refractivity (Wildman–Crippen MR) is 105 cm³/mol. The first kappa shape index (κ1) is 19.5. The van der Waals surface area contributed by atoms with E-state index < -0.39 is 0 Å². The number of likely N-dealkylation sites (tertiary alicyclic amines) is 1. The van der Waals surface area contributed by atoms with Crippen LogP contribution in [0.3, 0.4) is 0 Å². The molecule has 1 aromatic carbocycles. The molecule has 0 radical (unpaired) electrons. The summed E-state index contributed by atoms with van der Waals surface area (Å²) >= 11 is 0. The molecule has 0 spiro atoms. The highest BCUT2D eigenvalue weighted by atomic mass is 16.2. The van der Waals surface area contributed by atoms with Gasteiger partial charge in [0.05, 0.1) is 13.1 Å². The minimum atomic E-state index is 0.159. The standard InChI is InChI=1S/C20H30N6O/c1-24(2)15-18-22-23-20(25(18)3)17-10-7-11-26(14-17)19(27)13-21-12-16-8-5-4-6-9-16/h4-6,8-9,17,21H,7,10-15H2,1-3H3/t17-/m0/s1. The maximum Gasteiger partial charge on any atom is 0.236 e. The Balaban J connectivity index is 1.54. The number of hydrogen-bond donors (Lipinski definition) is 1. The lowest BCUT2D eigenvalue weighted by atomic mass is 9.97. The molecular weight excluding hydrogens is 340 g/mol. The Kier molecular flexibility index (Phi) is 6.58. The molecular formula is C20H30N6O. The number of piperidine rings is 1. The summed E-state index contributed by atoms with van der Waals surface area (Å²) in [7, 11) is 6.08. The molecule has 2 heterocycles. The number of nitrogens with zero attached hydrogens (tertiary/aromatic N) is 5. The minimum absolute atomic E-state index is 0.159. The molecule has 0 bridgehead atoms. The number of hydrogen-bond acceptors (Lipinski definition) is 5. The van der Waals surface area contributed by atoms with E-state index >= 15 is 0 Å². The van der Waals surface area contributed by atoms with Crippen molar-refractivity contribution in [3.63, 3.8) is 0 Å². The van der Waals surface area contributed by atoms with Crippen molar-refractivity contribution in [2.75, 3.05) is 33.7 Å². The van der Waals surface area contributed by atoms with E-state index in [4.69, 9.17) is 0 Å². The van der Waals surface area contributed by atoms with Gasteiger partial charge in [-0.05, 0) is 32.5 Å². The summed E-state index contributed by atoms with van der Waals surface area (Å²) in [5.41, 5.74) is 1.19. The molecule has 0 aliphatic carbocycles. The summed E-state index contributed by atoms with van der Waals surface area (Å²) in [6.07, 6.45) is 2.06. The fourth-order valence-corrected chi connectivity index (χ4v) is 3.59. The van der Waals surface area contributed by atoms with Crippen molar-refractivity contribution >= 4 is 5.91 Å². The number of benzene rings is 1. The van der Waals surface area contributed by atoms with Crippen LogP contribution in [0.2, 0.25) is 0 Å². The van der Waals surface area contributed by atoms with Gasteiger partial charge in [0.25, 0.3) is 0 Å². The number of aromatic nitrogens is 3. The van der Waals surface area contributed by atoms with Crippen LogP contribution in [0.1, 0.15) is 36.0 Å². The molecule has 1 fully saturated rings. The molecule has 1 amide bonds. The lowest BCUT2D eigenvalue weighted by Crippen LogP contribution is -2.43. The van der Waals surface area contributed by atoms with E-state index in [1.165, 1.54) is 5.56 Å². The van der Waals surface area contributed by atoms with Gasteiger partial charge in [0.1, 0.15) is 11.6 Å². The van der Waals surface area contributed by atoms with Gasteiger partial charge in [-0.3, -0.25) is 4.79 Å². The van der Waals surface area contributed by atoms with E-state index in [1.54, 1.807) is 0 Å². The second-order valence-electron chi connectivity index (χ2n) is 7.54. The van der Waals surface area contributed by atoms with Crippen LogP contribution >= 0.6 is 0 Å². The van der Waals surface area contributed by atoms with Crippen LogP contribution in [0.4, 0.5) is 0 Å². The topological polar surface area (TPSA) is 66.3 Å². The summed E-state index contributed by atoms with van der Waals surface area (Å²) in [5, 5.41) is 12.0. The van der Waals surface area contributed by atoms with Crippen molar-refractivity contribution in [2.24, 2.45) is 7.05 Å². The van der Waals surface area contributed by atoms with Crippen molar-refractivity contribution in [2.45, 2.75) is 31.8 Å². The van der Waals surface area contributed by atoms with Gasteiger partial charge >= 0.3 is 0 Å². The van der Waals surface area contributed by atoms with Crippen LogP contribution in [-0.2, 0) is 24.9 Å². The van der Waals surface area contributed by atoms with Crippen molar-refractivity contribution < 1.29 is 4.79 Å². The van der Waals surface area contributed by atoms with Gasteiger partial charge in [-0.1, -0.05) is 30.3 Å². The second kappa shape index (κ2) is 9.10. The van der Waals surface area contributed by atoms with Gasteiger partial charge in [0.15, 0.2) is 0 Å². The number of nitrogens with one attached hydrogen (secondary N) is 1. The Bertz CT molecular complexity index is 742. The van der Waals surface area contributed by atoms with E-state index in [0.717, 1.165) is 44.1 Å². The molecule has 1 N–H and O–H groups in total. The third kappa shape index (κ3) is 5.14. The third-order valence-electron chi connectivity index (χ3n) is 5.04. The molecule has 2 aromatic rings. The van der Waals surface area contributed by atoms with Crippen molar-refractivity contribution in [3.05, 3.63) is 47.5 Å². The van der Waals surface area contributed by atoms with Crippen LogP contribution in [0, 0.1) is 0 Å². The molecule has 3 rings (SSSR count). The average Bonchev–Trinajstić information content (AvgIpc) is 3.02. The van der Waals surface area contributed by atoms with Crippen LogP contribution in [0.15, 0.2) is 30.3 Å². The summed E-state index contributed by atoms with van der Waals surface area (Å²) < 4.78 is 2.09. The smallest absolute Gasteiger partial charge is 0.236 e. The van der Waals surface area contributed by atoms with Crippen LogP contribution in [0.5, 0.6) is 0 Å². The largest absolute Gasteiger partial charge is 0.341 e.